The maximum absolute atomic E-state index is 3.60. The van der Waals surface area contributed by atoms with Crippen LogP contribution in [0, 0.1) is 11.8 Å². The fourth-order valence-electron chi connectivity index (χ4n) is 3.11. The van der Waals surface area contributed by atoms with Gasteiger partial charge in [0.1, 0.15) is 0 Å². The van der Waals surface area contributed by atoms with Crippen LogP contribution in [0.15, 0.2) is 0 Å². The summed E-state index contributed by atoms with van der Waals surface area (Å²) in [4.78, 5) is 2.75. The summed E-state index contributed by atoms with van der Waals surface area (Å²) >= 11 is 0. The lowest BCUT2D eigenvalue weighted by atomic mass is 9.78. The van der Waals surface area contributed by atoms with Gasteiger partial charge in [-0.3, -0.25) is 0 Å². The summed E-state index contributed by atoms with van der Waals surface area (Å²) < 4.78 is 0. The first-order chi connectivity index (χ1) is 8.76. The highest BCUT2D eigenvalue weighted by Gasteiger charge is 2.34. The molecule has 0 aromatic rings. The molecule has 0 bridgehead atoms. The molecule has 0 aliphatic heterocycles. The summed E-state index contributed by atoms with van der Waals surface area (Å²) in [6.45, 7) is 14.2. The SMILES string of the molecule is CCCNCC1CCC1N(CC)CC(CC)CC. The molecule has 2 atom stereocenters. The first kappa shape index (κ1) is 16.0. The van der Waals surface area contributed by atoms with E-state index in [9.17, 15) is 0 Å². The Kier molecular flexibility index (Phi) is 7.92. The van der Waals surface area contributed by atoms with Gasteiger partial charge in [-0.05, 0) is 50.7 Å². The third-order valence-electron chi connectivity index (χ3n) is 4.73. The summed E-state index contributed by atoms with van der Waals surface area (Å²) in [6.07, 6.45) is 6.77. The minimum absolute atomic E-state index is 0.861. The van der Waals surface area contributed by atoms with Gasteiger partial charge in [-0.15, -0.1) is 0 Å². The van der Waals surface area contributed by atoms with E-state index in [1.807, 2.05) is 0 Å². The van der Waals surface area contributed by atoms with Gasteiger partial charge in [-0.1, -0.05) is 40.5 Å². The largest absolute Gasteiger partial charge is 0.316 e. The number of nitrogens with zero attached hydrogens (tertiary/aromatic N) is 1. The zero-order chi connectivity index (χ0) is 13.4. The Morgan fingerprint density at radius 2 is 1.83 bits per heavy atom. The predicted molar refractivity (Wildman–Crippen MR) is 81.0 cm³/mol. The topological polar surface area (TPSA) is 15.3 Å². The van der Waals surface area contributed by atoms with Crippen LogP contribution in [0.25, 0.3) is 0 Å². The molecule has 18 heavy (non-hydrogen) atoms. The van der Waals surface area contributed by atoms with Crippen LogP contribution in [0.3, 0.4) is 0 Å². The van der Waals surface area contributed by atoms with Crippen LogP contribution in [0.1, 0.15) is 59.8 Å². The van der Waals surface area contributed by atoms with Gasteiger partial charge in [0.15, 0.2) is 0 Å². The maximum Gasteiger partial charge on any atom is 0.0136 e. The van der Waals surface area contributed by atoms with Crippen molar-refractivity contribution >= 4 is 0 Å². The van der Waals surface area contributed by atoms with Gasteiger partial charge in [-0.2, -0.15) is 0 Å². The Balaban J connectivity index is 2.35. The fourth-order valence-corrected chi connectivity index (χ4v) is 3.11. The van der Waals surface area contributed by atoms with Crippen LogP contribution in [-0.4, -0.2) is 37.1 Å². The average Bonchev–Trinajstić information content (AvgIpc) is 2.37. The van der Waals surface area contributed by atoms with E-state index in [-0.39, 0.29) is 0 Å². The molecule has 1 saturated carbocycles. The van der Waals surface area contributed by atoms with E-state index in [0.717, 1.165) is 17.9 Å². The van der Waals surface area contributed by atoms with Crippen molar-refractivity contribution < 1.29 is 0 Å². The average molecular weight is 254 g/mol. The van der Waals surface area contributed by atoms with Crippen molar-refractivity contribution in [2.24, 2.45) is 11.8 Å². The first-order valence-electron chi connectivity index (χ1n) is 8.21. The highest BCUT2D eigenvalue weighted by atomic mass is 15.2. The van der Waals surface area contributed by atoms with Crippen molar-refractivity contribution in [1.82, 2.24) is 10.2 Å². The smallest absolute Gasteiger partial charge is 0.0136 e. The van der Waals surface area contributed by atoms with E-state index in [2.05, 4.69) is 37.9 Å². The third kappa shape index (κ3) is 4.55. The Morgan fingerprint density at radius 1 is 1.11 bits per heavy atom. The Hall–Kier alpha value is -0.0800. The van der Waals surface area contributed by atoms with E-state index in [1.54, 1.807) is 0 Å². The van der Waals surface area contributed by atoms with Gasteiger partial charge < -0.3 is 10.2 Å². The lowest BCUT2D eigenvalue weighted by molar-refractivity contribution is 0.0520. The van der Waals surface area contributed by atoms with E-state index >= 15 is 0 Å². The van der Waals surface area contributed by atoms with Crippen molar-refractivity contribution in [3.8, 4) is 0 Å². The number of hydrogen-bond donors (Lipinski definition) is 1. The molecule has 0 aromatic carbocycles. The molecule has 2 nitrogen and oxygen atoms in total. The lowest BCUT2D eigenvalue weighted by Gasteiger charge is -2.45. The normalized spacial score (nSPS) is 23.7. The zero-order valence-corrected chi connectivity index (χ0v) is 13.0. The molecule has 108 valence electrons. The molecule has 0 amide bonds. The monoisotopic (exact) mass is 254 g/mol. The molecule has 1 aliphatic rings. The molecular weight excluding hydrogens is 220 g/mol. The summed E-state index contributed by atoms with van der Waals surface area (Å²) in [5.41, 5.74) is 0. The molecule has 2 heteroatoms. The maximum atomic E-state index is 3.60. The van der Waals surface area contributed by atoms with Crippen molar-refractivity contribution in [2.75, 3.05) is 26.2 Å². The van der Waals surface area contributed by atoms with E-state index in [0.29, 0.717) is 0 Å². The fraction of sp³-hybridized carbons (Fsp3) is 1.00. The lowest BCUT2D eigenvalue weighted by Crippen LogP contribution is -2.51. The van der Waals surface area contributed by atoms with Crippen LogP contribution >= 0.6 is 0 Å². The molecule has 2 unspecified atom stereocenters. The number of nitrogens with one attached hydrogen (secondary N) is 1. The van der Waals surface area contributed by atoms with Gasteiger partial charge in [-0.25, -0.2) is 0 Å². The van der Waals surface area contributed by atoms with Crippen LogP contribution in [0.2, 0.25) is 0 Å². The predicted octanol–water partition coefficient (Wildman–Crippen LogP) is 3.52. The van der Waals surface area contributed by atoms with E-state index < -0.39 is 0 Å². The third-order valence-corrected chi connectivity index (χ3v) is 4.73. The Bertz CT molecular complexity index is 201. The molecule has 0 radical (unpaired) electrons. The van der Waals surface area contributed by atoms with Gasteiger partial charge in [0, 0.05) is 12.6 Å². The molecule has 0 aromatic heterocycles. The highest BCUT2D eigenvalue weighted by molar-refractivity contribution is 4.90. The van der Waals surface area contributed by atoms with Crippen molar-refractivity contribution in [3.05, 3.63) is 0 Å². The second-order valence-electron chi connectivity index (χ2n) is 5.88. The quantitative estimate of drug-likeness (QED) is 0.600. The summed E-state index contributed by atoms with van der Waals surface area (Å²) in [6, 6.07) is 0.861. The van der Waals surface area contributed by atoms with Crippen molar-refractivity contribution in [1.29, 1.82) is 0 Å². The first-order valence-corrected chi connectivity index (χ1v) is 8.21. The van der Waals surface area contributed by atoms with Crippen molar-refractivity contribution in [2.45, 2.75) is 65.8 Å². The molecule has 0 heterocycles. The van der Waals surface area contributed by atoms with Gasteiger partial charge in [0.05, 0.1) is 0 Å². The summed E-state index contributed by atoms with van der Waals surface area (Å²) in [7, 11) is 0. The number of hydrogen-bond acceptors (Lipinski definition) is 2. The Morgan fingerprint density at radius 3 is 2.28 bits per heavy atom. The molecule has 0 saturated heterocycles. The molecular formula is C16H34N2. The van der Waals surface area contributed by atoms with Gasteiger partial charge in [0.2, 0.25) is 0 Å². The van der Waals surface area contributed by atoms with Crippen LogP contribution in [-0.2, 0) is 0 Å². The Labute approximate surface area is 115 Å². The van der Waals surface area contributed by atoms with Gasteiger partial charge in [0.25, 0.3) is 0 Å². The summed E-state index contributed by atoms with van der Waals surface area (Å²) in [5, 5.41) is 3.60. The molecule has 1 rings (SSSR count). The van der Waals surface area contributed by atoms with Crippen LogP contribution in [0.4, 0.5) is 0 Å². The molecule has 0 spiro atoms. The minimum atomic E-state index is 0.861. The van der Waals surface area contributed by atoms with Crippen molar-refractivity contribution in [3.63, 3.8) is 0 Å². The summed E-state index contributed by atoms with van der Waals surface area (Å²) in [5.74, 6) is 1.81. The molecule has 1 fully saturated rings. The molecule has 1 N–H and O–H groups in total. The zero-order valence-electron chi connectivity index (χ0n) is 13.0. The van der Waals surface area contributed by atoms with Gasteiger partial charge >= 0.3 is 0 Å². The minimum Gasteiger partial charge on any atom is -0.316 e. The highest BCUT2D eigenvalue weighted by Crippen LogP contribution is 2.32. The second-order valence-corrected chi connectivity index (χ2v) is 5.88. The van der Waals surface area contributed by atoms with Crippen LogP contribution in [0.5, 0.6) is 0 Å². The number of rotatable bonds is 10. The van der Waals surface area contributed by atoms with E-state index in [4.69, 9.17) is 0 Å². The second kappa shape index (κ2) is 8.92. The van der Waals surface area contributed by atoms with Crippen LogP contribution < -0.4 is 5.32 Å². The standard InChI is InChI=1S/C16H34N2/c1-5-11-17-12-15-9-10-16(15)18(8-4)13-14(6-2)7-3/h14-17H,5-13H2,1-4H3. The van der Waals surface area contributed by atoms with E-state index in [1.165, 1.54) is 58.3 Å². The molecule has 1 aliphatic carbocycles.